The molecule has 30 heavy (non-hydrogen) atoms. The van der Waals surface area contributed by atoms with E-state index >= 15 is 0 Å². The molecule has 150 valence electrons. The first-order chi connectivity index (χ1) is 14.6. The zero-order valence-corrected chi connectivity index (χ0v) is 16.9. The first-order valence-corrected chi connectivity index (χ1v) is 9.92. The van der Waals surface area contributed by atoms with Gasteiger partial charge in [0.15, 0.2) is 0 Å². The van der Waals surface area contributed by atoms with Gasteiger partial charge in [0.25, 0.3) is 0 Å². The lowest BCUT2D eigenvalue weighted by atomic mass is 10.2. The second kappa shape index (κ2) is 8.89. The van der Waals surface area contributed by atoms with Crippen LogP contribution in [0.4, 0.5) is 0 Å². The van der Waals surface area contributed by atoms with Gasteiger partial charge in [-0.15, -0.1) is 0 Å². The molecule has 0 unspecified atom stereocenters. The Morgan fingerprint density at radius 3 is 2.47 bits per heavy atom. The van der Waals surface area contributed by atoms with Crippen LogP contribution in [0, 0.1) is 0 Å². The Morgan fingerprint density at radius 1 is 0.967 bits per heavy atom. The Bertz CT molecular complexity index is 1190. The number of rotatable bonds is 7. The molecule has 0 saturated heterocycles. The molecule has 0 amide bonds. The maximum absolute atomic E-state index is 11.0. The van der Waals surface area contributed by atoms with Crippen LogP contribution < -0.4 is 4.74 Å². The Labute approximate surface area is 179 Å². The molecule has 1 heterocycles. The average molecular weight is 418 g/mol. The van der Waals surface area contributed by atoms with E-state index in [-0.39, 0.29) is 0 Å². The van der Waals surface area contributed by atoms with E-state index in [2.05, 4.69) is 4.57 Å². The lowest BCUT2D eigenvalue weighted by Crippen LogP contribution is -2.02. The number of benzene rings is 3. The van der Waals surface area contributed by atoms with Crippen LogP contribution in [0.25, 0.3) is 17.0 Å². The molecule has 0 radical (unpaired) electrons. The van der Waals surface area contributed by atoms with Gasteiger partial charge in [0.2, 0.25) is 0 Å². The molecule has 1 aromatic heterocycles. The van der Waals surface area contributed by atoms with Crippen molar-refractivity contribution >= 4 is 34.5 Å². The Balaban J connectivity index is 1.66. The number of halogens is 1. The van der Waals surface area contributed by atoms with E-state index in [0.717, 1.165) is 39.5 Å². The van der Waals surface area contributed by atoms with Gasteiger partial charge in [-0.3, -0.25) is 0 Å². The summed E-state index contributed by atoms with van der Waals surface area (Å²) in [4.78, 5) is 11.0. The molecule has 5 heteroatoms. The average Bonchev–Trinajstić information content (AvgIpc) is 3.09. The first kappa shape index (κ1) is 19.8. The van der Waals surface area contributed by atoms with Crippen molar-refractivity contribution in [3.63, 3.8) is 0 Å². The number of fused-ring (bicyclic) bond motifs is 1. The maximum atomic E-state index is 11.0. The van der Waals surface area contributed by atoms with Crippen LogP contribution in [-0.2, 0) is 17.9 Å². The van der Waals surface area contributed by atoms with Gasteiger partial charge in [0.1, 0.15) is 12.4 Å². The third-order valence-electron chi connectivity index (χ3n) is 4.80. The quantitative estimate of drug-likeness (QED) is 0.374. The van der Waals surface area contributed by atoms with Crippen molar-refractivity contribution in [2.45, 2.75) is 13.2 Å². The van der Waals surface area contributed by atoms with E-state index < -0.39 is 5.97 Å². The van der Waals surface area contributed by atoms with Crippen LogP contribution in [-0.4, -0.2) is 15.6 Å². The van der Waals surface area contributed by atoms with Crippen LogP contribution in [0.3, 0.4) is 0 Å². The van der Waals surface area contributed by atoms with Gasteiger partial charge in [-0.25, -0.2) is 4.79 Å². The minimum absolute atomic E-state index is 0.490. The first-order valence-electron chi connectivity index (χ1n) is 9.54. The summed E-state index contributed by atoms with van der Waals surface area (Å²) in [6.07, 6.45) is 2.77. The number of hydrogen-bond acceptors (Lipinski definition) is 2. The molecule has 0 fully saturated rings. The summed E-state index contributed by atoms with van der Waals surface area (Å²) >= 11 is 6.00. The molecule has 4 aromatic rings. The smallest absolute Gasteiger partial charge is 0.328 e. The molecule has 0 bridgehead atoms. The van der Waals surface area contributed by atoms with Crippen LogP contribution in [0.5, 0.6) is 5.75 Å². The fourth-order valence-electron chi connectivity index (χ4n) is 3.34. The SMILES string of the molecule is O=C(O)/C=C/c1cc2cc(OCc3ccccc3)ccc2n1Cc1ccc(Cl)cc1. The standard InChI is InChI=1S/C25H20ClNO3/c26-21-8-6-18(7-9-21)16-27-22(10-13-25(28)29)14-20-15-23(11-12-24(20)27)30-17-19-4-2-1-3-5-19/h1-15H,16-17H2,(H,28,29)/b13-10+. The van der Waals surface area contributed by atoms with Gasteiger partial charge in [-0.05, 0) is 53.6 Å². The molecule has 3 aromatic carbocycles. The van der Waals surface area contributed by atoms with E-state index in [0.29, 0.717) is 18.2 Å². The number of nitrogens with zero attached hydrogens (tertiary/aromatic N) is 1. The molecule has 0 aliphatic rings. The summed E-state index contributed by atoms with van der Waals surface area (Å²) in [5, 5.41) is 10.7. The van der Waals surface area contributed by atoms with Crippen molar-refractivity contribution in [2.24, 2.45) is 0 Å². The van der Waals surface area contributed by atoms with Crippen molar-refractivity contribution in [1.29, 1.82) is 0 Å². The molecule has 1 N–H and O–H groups in total. The van der Waals surface area contributed by atoms with Gasteiger partial charge < -0.3 is 14.4 Å². The molecule has 0 aliphatic carbocycles. The number of aliphatic carboxylic acids is 1. The summed E-state index contributed by atoms with van der Waals surface area (Å²) in [5.74, 6) is -0.214. The van der Waals surface area contributed by atoms with Crippen molar-refractivity contribution in [2.75, 3.05) is 0 Å². The van der Waals surface area contributed by atoms with Gasteiger partial charge >= 0.3 is 5.97 Å². The topological polar surface area (TPSA) is 51.5 Å². The number of aromatic nitrogens is 1. The third-order valence-corrected chi connectivity index (χ3v) is 5.06. The fraction of sp³-hybridized carbons (Fsp3) is 0.0800. The highest BCUT2D eigenvalue weighted by atomic mass is 35.5. The maximum Gasteiger partial charge on any atom is 0.328 e. The Hall–Kier alpha value is -3.50. The highest BCUT2D eigenvalue weighted by molar-refractivity contribution is 6.30. The van der Waals surface area contributed by atoms with Crippen LogP contribution in [0.2, 0.25) is 5.02 Å². The van der Waals surface area contributed by atoms with E-state index in [1.807, 2.05) is 78.9 Å². The van der Waals surface area contributed by atoms with Crippen LogP contribution >= 0.6 is 11.6 Å². The van der Waals surface area contributed by atoms with Crippen molar-refractivity contribution in [1.82, 2.24) is 4.57 Å². The number of ether oxygens (including phenoxy) is 1. The normalized spacial score (nSPS) is 11.2. The molecular formula is C25H20ClNO3. The van der Waals surface area contributed by atoms with E-state index in [1.54, 1.807) is 6.08 Å². The predicted octanol–water partition coefficient (Wildman–Crippen LogP) is 6.02. The van der Waals surface area contributed by atoms with E-state index in [1.165, 1.54) is 0 Å². The zero-order valence-electron chi connectivity index (χ0n) is 16.2. The molecular weight excluding hydrogens is 398 g/mol. The molecule has 4 nitrogen and oxygen atoms in total. The molecule has 4 rings (SSSR count). The summed E-state index contributed by atoms with van der Waals surface area (Å²) < 4.78 is 8.03. The fourth-order valence-corrected chi connectivity index (χ4v) is 3.47. The second-order valence-corrected chi connectivity index (χ2v) is 7.38. The molecule has 0 atom stereocenters. The summed E-state index contributed by atoms with van der Waals surface area (Å²) in [6.45, 7) is 1.09. The largest absolute Gasteiger partial charge is 0.489 e. The highest BCUT2D eigenvalue weighted by Crippen LogP contribution is 2.27. The lowest BCUT2D eigenvalue weighted by molar-refractivity contribution is -0.131. The molecule has 0 aliphatic heterocycles. The van der Waals surface area contributed by atoms with Crippen molar-refractivity contribution in [3.8, 4) is 5.75 Å². The van der Waals surface area contributed by atoms with Crippen LogP contribution in [0.1, 0.15) is 16.8 Å². The van der Waals surface area contributed by atoms with Crippen molar-refractivity contribution in [3.05, 3.63) is 107 Å². The summed E-state index contributed by atoms with van der Waals surface area (Å²) in [7, 11) is 0. The minimum Gasteiger partial charge on any atom is -0.489 e. The second-order valence-electron chi connectivity index (χ2n) is 6.95. The van der Waals surface area contributed by atoms with Gasteiger partial charge in [-0.1, -0.05) is 54.1 Å². The van der Waals surface area contributed by atoms with Crippen molar-refractivity contribution < 1.29 is 14.6 Å². The molecule has 0 spiro atoms. The number of carbonyl (C=O) groups is 1. The van der Waals surface area contributed by atoms with Gasteiger partial charge in [0, 0.05) is 34.2 Å². The third kappa shape index (κ3) is 4.73. The van der Waals surface area contributed by atoms with E-state index in [9.17, 15) is 4.79 Å². The predicted molar refractivity (Wildman–Crippen MR) is 120 cm³/mol. The Kier molecular flexibility index (Phi) is 5.87. The van der Waals surface area contributed by atoms with Gasteiger partial charge in [-0.2, -0.15) is 0 Å². The monoisotopic (exact) mass is 417 g/mol. The number of carboxylic acids is 1. The van der Waals surface area contributed by atoms with Gasteiger partial charge in [0.05, 0.1) is 0 Å². The Morgan fingerprint density at radius 2 is 1.73 bits per heavy atom. The zero-order chi connectivity index (χ0) is 20.9. The number of hydrogen-bond donors (Lipinski definition) is 1. The summed E-state index contributed by atoms with van der Waals surface area (Å²) in [5.41, 5.74) is 3.99. The lowest BCUT2D eigenvalue weighted by Gasteiger charge is -2.10. The van der Waals surface area contributed by atoms with E-state index in [4.69, 9.17) is 21.4 Å². The number of carboxylic acid groups (broad SMARTS) is 1. The van der Waals surface area contributed by atoms with Crippen LogP contribution in [0.15, 0.2) is 84.9 Å². The highest BCUT2D eigenvalue weighted by Gasteiger charge is 2.10. The summed E-state index contributed by atoms with van der Waals surface area (Å²) in [6, 6.07) is 25.5. The minimum atomic E-state index is -0.981. The molecule has 0 saturated carbocycles.